The zero-order chi connectivity index (χ0) is 20.6. The number of likely N-dealkylation sites (tertiary alicyclic amines) is 1. The number of ether oxygens (including phenoxy) is 2. The molecule has 3 rings (SSSR count). The van der Waals surface area contributed by atoms with E-state index >= 15 is 0 Å². The van der Waals surface area contributed by atoms with Gasteiger partial charge in [0.15, 0.2) is 0 Å². The molecule has 1 aliphatic heterocycles. The van der Waals surface area contributed by atoms with E-state index in [1.54, 1.807) is 43.3 Å². The Balaban J connectivity index is 1.57. The van der Waals surface area contributed by atoms with Gasteiger partial charge in [-0.2, -0.15) is 0 Å². The van der Waals surface area contributed by atoms with Gasteiger partial charge in [0, 0.05) is 43.3 Å². The summed E-state index contributed by atoms with van der Waals surface area (Å²) in [5.41, 5.74) is 1.89. The van der Waals surface area contributed by atoms with Gasteiger partial charge in [-0.3, -0.25) is 9.78 Å². The molecule has 154 valence electrons. The molecule has 1 aromatic heterocycles. The van der Waals surface area contributed by atoms with Crippen molar-refractivity contribution in [2.75, 3.05) is 37.4 Å². The SMILES string of the molecule is CCOC(=O)N1CCC(Nc2cncc(C(=O)Nc3cccc(OC)c3)c2)CC1. The van der Waals surface area contributed by atoms with Crippen molar-refractivity contribution < 1.29 is 19.1 Å². The molecule has 1 aliphatic rings. The highest BCUT2D eigenvalue weighted by Gasteiger charge is 2.23. The lowest BCUT2D eigenvalue weighted by Gasteiger charge is -2.32. The summed E-state index contributed by atoms with van der Waals surface area (Å²) in [6, 6.07) is 9.17. The van der Waals surface area contributed by atoms with Gasteiger partial charge in [0.05, 0.1) is 25.0 Å². The van der Waals surface area contributed by atoms with E-state index in [-0.39, 0.29) is 18.0 Å². The highest BCUT2D eigenvalue weighted by molar-refractivity contribution is 6.04. The first-order valence-corrected chi connectivity index (χ1v) is 9.67. The van der Waals surface area contributed by atoms with Crippen LogP contribution in [0.3, 0.4) is 0 Å². The Labute approximate surface area is 170 Å². The third-order valence-corrected chi connectivity index (χ3v) is 4.72. The van der Waals surface area contributed by atoms with Crippen LogP contribution in [0.4, 0.5) is 16.2 Å². The van der Waals surface area contributed by atoms with Gasteiger partial charge < -0.3 is 25.0 Å². The lowest BCUT2D eigenvalue weighted by molar-refractivity contribution is 0.0981. The van der Waals surface area contributed by atoms with Gasteiger partial charge in [0.25, 0.3) is 5.91 Å². The molecule has 2 aromatic rings. The predicted octanol–water partition coefficient (Wildman–Crippen LogP) is 3.38. The number of hydrogen-bond donors (Lipinski definition) is 2. The first kappa shape index (κ1) is 20.4. The zero-order valence-electron chi connectivity index (χ0n) is 16.7. The molecule has 8 nitrogen and oxygen atoms in total. The molecule has 29 heavy (non-hydrogen) atoms. The van der Waals surface area contributed by atoms with Gasteiger partial charge in [-0.25, -0.2) is 4.79 Å². The molecule has 2 N–H and O–H groups in total. The quantitative estimate of drug-likeness (QED) is 0.775. The number of anilines is 2. The summed E-state index contributed by atoms with van der Waals surface area (Å²) < 4.78 is 10.2. The summed E-state index contributed by atoms with van der Waals surface area (Å²) in [7, 11) is 1.58. The lowest BCUT2D eigenvalue weighted by Crippen LogP contribution is -2.42. The van der Waals surface area contributed by atoms with E-state index in [0.29, 0.717) is 36.7 Å². The molecule has 0 aliphatic carbocycles. The van der Waals surface area contributed by atoms with Crippen LogP contribution in [0, 0.1) is 0 Å². The molecular weight excluding hydrogens is 372 g/mol. The molecular formula is C21H26N4O4. The Morgan fingerprint density at radius 3 is 2.69 bits per heavy atom. The first-order chi connectivity index (χ1) is 14.1. The Kier molecular flexibility index (Phi) is 6.89. The molecule has 0 atom stereocenters. The standard InChI is InChI=1S/C21H26N4O4/c1-3-29-21(27)25-9-7-16(8-10-25)23-18-11-15(13-22-14-18)20(26)24-17-5-4-6-19(12-17)28-2/h4-6,11-14,16,23H,3,7-10H2,1-2H3,(H,24,26). The summed E-state index contributed by atoms with van der Waals surface area (Å²) >= 11 is 0. The smallest absolute Gasteiger partial charge is 0.409 e. The van der Waals surface area contributed by atoms with Crippen molar-refractivity contribution in [3.63, 3.8) is 0 Å². The number of benzene rings is 1. The van der Waals surface area contributed by atoms with E-state index in [1.807, 2.05) is 12.1 Å². The molecule has 1 aromatic carbocycles. The molecule has 1 saturated heterocycles. The number of carbonyl (C=O) groups is 2. The number of carbonyl (C=O) groups excluding carboxylic acids is 2. The van der Waals surface area contributed by atoms with Crippen LogP contribution in [0.1, 0.15) is 30.1 Å². The Hall–Kier alpha value is -3.29. The van der Waals surface area contributed by atoms with E-state index in [2.05, 4.69) is 15.6 Å². The van der Waals surface area contributed by atoms with Crippen LogP contribution in [-0.4, -0.2) is 54.7 Å². The molecule has 1 fully saturated rings. The molecule has 2 heterocycles. The molecule has 0 saturated carbocycles. The number of rotatable bonds is 6. The van der Waals surface area contributed by atoms with E-state index < -0.39 is 0 Å². The van der Waals surface area contributed by atoms with E-state index in [9.17, 15) is 9.59 Å². The molecule has 0 unspecified atom stereocenters. The number of piperidine rings is 1. The summed E-state index contributed by atoms with van der Waals surface area (Å²) in [5, 5.41) is 6.26. The summed E-state index contributed by atoms with van der Waals surface area (Å²) in [4.78, 5) is 30.3. The molecule has 0 radical (unpaired) electrons. The van der Waals surface area contributed by atoms with Gasteiger partial charge in [-0.1, -0.05) is 6.07 Å². The van der Waals surface area contributed by atoms with Crippen LogP contribution in [0.15, 0.2) is 42.7 Å². The van der Waals surface area contributed by atoms with Crippen molar-refractivity contribution >= 4 is 23.4 Å². The fraction of sp³-hybridized carbons (Fsp3) is 0.381. The normalized spacial score (nSPS) is 14.2. The highest BCUT2D eigenvalue weighted by Crippen LogP contribution is 2.20. The number of aromatic nitrogens is 1. The number of nitrogens with one attached hydrogen (secondary N) is 2. The largest absolute Gasteiger partial charge is 0.497 e. The van der Waals surface area contributed by atoms with Gasteiger partial charge in [-0.05, 0) is 38.0 Å². The van der Waals surface area contributed by atoms with E-state index in [4.69, 9.17) is 9.47 Å². The molecule has 0 spiro atoms. The van der Waals surface area contributed by atoms with Gasteiger partial charge in [-0.15, -0.1) is 0 Å². The van der Waals surface area contributed by atoms with Crippen molar-refractivity contribution in [1.82, 2.24) is 9.88 Å². The molecule has 8 heteroatoms. The third kappa shape index (κ3) is 5.60. The maximum atomic E-state index is 12.6. The van der Waals surface area contributed by atoms with Gasteiger partial charge in [0.1, 0.15) is 5.75 Å². The molecule has 2 amide bonds. The monoisotopic (exact) mass is 398 g/mol. The fourth-order valence-corrected chi connectivity index (χ4v) is 3.20. The van der Waals surface area contributed by atoms with Gasteiger partial charge >= 0.3 is 6.09 Å². The number of nitrogens with zero attached hydrogens (tertiary/aromatic N) is 2. The maximum Gasteiger partial charge on any atom is 0.409 e. The minimum Gasteiger partial charge on any atom is -0.497 e. The zero-order valence-corrected chi connectivity index (χ0v) is 16.7. The topological polar surface area (TPSA) is 92.8 Å². The van der Waals surface area contributed by atoms with Crippen molar-refractivity contribution in [2.45, 2.75) is 25.8 Å². The number of pyridine rings is 1. The van der Waals surface area contributed by atoms with Crippen molar-refractivity contribution in [3.05, 3.63) is 48.3 Å². The van der Waals surface area contributed by atoms with Crippen LogP contribution in [-0.2, 0) is 4.74 Å². The Morgan fingerprint density at radius 2 is 1.97 bits per heavy atom. The summed E-state index contributed by atoms with van der Waals surface area (Å²) in [5.74, 6) is 0.428. The maximum absolute atomic E-state index is 12.6. The van der Waals surface area contributed by atoms with Crippen molar-refractivity contribution in [3.8, 4) is 5.75 Å². The van der Waals surface area contributed by atoms with Crippen LogP contribution in [0.2, 0.25) is 0 Å². The van der Waals surface area contributed by atoms with Crippen LogP contribution in [0.5, 0.6) is 5.75 Å². The van der Waals surface area contributed by atoms with E-state index in [1.165, 1.54) is 6.20 Å². The number of amides is 2. The predicted molar refractivity (Wildman–Crippen MR) is 110 cm³/mol. The number of methoxy groups -OCH3 is 1. The van der Waals surface area contributed by atoms with Crippen LogP contribution < -0.4 is 15.4 Å². The average molecular weight is 398 g/mol. The van der Waals surface area contributed by atoms with Crippen molar-refractivity contribution in [1.29, 1.82) is 0 Å². The summed E-state index contributed by atoms with van der Waals surface area (Å²) in [6.07, 6.45) is 4.58. The highest BCUT2D eigenvalue weighted by atomic mass is 16.6. The fourth-order valence-electron chi connectivity index (χ4n) is 3.20. The second-order valence-corrected chi connectivity index (χ2v) is 6.75. The Bertz CT molecular complexity index is 850. The average Bonchev–Trinajstić information content (AvgIpc) is 2.75. The van der Waals surface area contributed by atoms with E-state index in [0.717, 1.165) is 18.5 Å². The number of hydrogen-bond acceptors (Lipinski definition) is 6. The van der Waals surface area contributed by atoms with Crippen LogP contribution >= 0.6 is 0 Å². The second-order valence-electron chi connectivity index (χ2n) is 6.75. The Morgan fingerprint density at radius 1 is 1.17 bits per heavy atom. The minimum atomic E-state index is -0.260. The first-order valence-electron chi connectivity index (χ1n) is 9.67. The lowest BCUT2D eigenvalue weighted by atomic mass is 10.1. The second kappa shape index (κ2) is 9.77. The molecule has 0 bridgehead atoms. The van der Waals surface area contributed by atoms with Crippen molar-refractivity contribution in [2.24, 2.45) is 0 Å². The summed E-state index contributed by atoms with van der Waals surface area (Å²) in [6.45, 7) is 3.46. The minimum absolute atomic E-state index is 0.208. The third-order valence-electron chi connectivity index (χ3n) is 4.72. The van der Waals surface area contributed by atoms with Crippen LogP contribution in [0.25, 0.3) is 0 Å². The van der Waals surface area contributed by atoms with Gasteiger partial charge in [0.2, 0.25) is 0 Å².